The van der Waals surface area contributed by atoms with Gasteiger partial charge in [-0.05, 0) is 12.2 Å². The molecule has 1 aliphatic rings. The lowest BCUT2D eigenvalue weighted by molar-refractivity contribution is -0.175. The van der Waals surface area contributed by atoms with Crippen LogP contribution in [0.2, 0.25) is 0 Å². The van der Waals surface area contributed by atoms with Crippen LogP contribution in [0.4, 0.5) is 13.2 Å². The molecule has 1 atom stereocenters. The van der Waals surface area contributed by atoms with E-state index in [-0.39, 0.29) is 0 Å². The molecule has 112 valence electrons. The average molecular weight is 307 g/mol. The van der Waals surface area contributed by atoms with Crippen molar-refractivity contribution in [3.63, 3.8) is 0 Å². The van der Waals surface area contributed by atoms with Crippen LogP contribution in [-0.2, 0) is 4.79 Å². The summed E-state index contributed by atoms with van der Waals surface area (Å²) in [6.45, 7) is 1.07. The second-order valence-electron chi connectivity index (χ2n) is 4.62. The molecule has 1 aliphatic heterocycles. The molecule has 1 fully saturated rings. The predicted octanol–water partition coefficient (Wildman–Crippen LogP) is 2.34. The van der Waals surface area contributed by atoms with E-state index < -0.39 is 24.5 Å². The highest BCUT2D eigenvalue weighted by molar-refractivity contribution is 7.99. The van der Waals surface area contributed by atoms with E-state index in [1.807, 2.05) is 0 Å². The van der Waals surface area contributed by atoms with Gasteiger partial charge in [0, 0.05) is 31.2 Å². The highest BCUT2D eigenvalue weighted by Crippen LogP contribution is 2.33. The van der Waals surface area contributed by atoms with Gasteiger partial charge in [0.15, 0.2) is 0 Å². The monoisotopic (exact) mass is 307 g/mol. The second-order valence-corrected chi connectivity index (χ2v) is 5.84. The van der Waals surface area contributed by atoms with Crippen molar-refractivity contribution in [1.29, 1.82) is 0 Å². The molecule has 2 rings (SSSR count). The van der Waals surface area contributed by atoms with E-state index in [2.05, 4.69) is 4.98 Å². The maximum absolute atomic E-state index is 13.1. The minimum absolute atomic E-state index is 0.441. The zero-order chi connectivity index (χ0) is 14.6. The van der Waals surface area contributed by atoms with Gasteiger partial charge in [-0.2, -0.15) is 24.9 Å². The number of amides is 1. The molecule has 0 N–H and O–H groups in total. The van der Waals surface area contributed by atoms with Crippen molar-refractivity contribution in [2.45, 2.75) is 25.1 Å². The molecule has 20 heavy (non-hydrogen) atoms. The van der Waals surface area contributed by atoms with E-state index >= 15 is 0 Å². The van der Waals surface area contributed by atoms with E-state index in [0.29, 0.717) is 13.1 Å². The Morgan fingerprint density at radius 3 is 2.80 bits per heavy atom. The summed E-state index contributed by atoms with van der Waals surface area (Å²) in [5.41, 5.74) is 0. The summed E-state index contributed by atoms with van der Waals surface area (Å²) in [6, 6.07) is -1.84. The number of carbonyl (C=O) groups is 1. The van der Waals surface area contributed by atoms with E-state index in [1.54, 1.807) is 11.8 Å². The summed E-state index contributed by atoms with van der Waals surface area (Å²) in [6.07, 6.45) is -0.571. The maximum atomic E-state index is 13.1. The summed E-state index contributed by atoms with van der Waals surface area (Å²) in [5.74, 6) is 1.30. The fourth-order valence-electron chi connectivity index (χ4n) is 2.13. The molecule has 0 saturated carbocycles. The van der Waals surface area contributed by atoms with E-state index in [1.165, 1.54) is 17.3 Å². The van der Waals surface area contributed by atoms with Gasteiger partial charge in [-0.25, -0.2) is 4.98 Å². The minimum Gasteiger partial charge on any atom is -0.342 e. The Morgan fingerprint density at radius 2 is 2.15 bits per heavy atom. The number of imidazole rings is 1. The number of carbonyl (C=O) groups excluding carboxylic acids is 1. The summed E-state index contributed by atoms with van der Waals surface area (Å²) >= 11 is 1.73. The molecule has 1 saturated heterocycles. The normalized spacial score (nSPS) is 18.6. The van der Waals surface area contributed by atoms with Crippen LogP contribution in [-0.4, -0.2) is 51.1 Å². The predicted molar refractivity (Wildman–Crippen MR) is 70.5 cm³/mol. The molecule has 8 heteroatoms. The average Bonchev–Trinajstić information content (AvgIpc) is 2.75. The first-order valence-corrected chi connectivity index (χ1v) is 7.53. The van der Waals surface area contributed by atoms with Crippen molar-refractivity contribution in [3.8, 4) is 0 Å². The Hall–Kier alpha value is -1.18. The van der Waals surface area contributed by atoms with Gasteiger partial charge in [0.05, 0.1) is 12.7 Å². The molecular formula is C12H16F3N3OS. The third-order valence-corrected chi connectivity index (χ3v) is 4.25. The van der Waals surface area contributed by atoms with Crippen LogP contribution in [0.3, 0.4) is 0 Å². The minimum atomic E-state index is -4.46. The Bertz CT molecular complexity index is 428. The summed E-state index contributed by atoms with van der Waals surface area (Å²) in [7, 11) is 0. The first kappa shape index (κ1) is 15.2. The number of aromatic nitrogens is 2. The summed E-state index contributed by atoms with van der Waals surface area (Å²) < 4.78 is 40.2. The lowest BCUT2D eigenvalue weighted by atomic mass is 10.1. The van der Waals surface area contributed by atoms with Crippen molar-refractivity contribution in [2.24, 2.45) is 0 Å². The van der Waals surface area contributed by atoms with E-state index in [4.69, 9.17) is 0 Å². The third-order valence-electron chi connectivity index (χ3n) is 3.21. The molecule has 0 aliphatic carbocycles. The lowest BCUT2D eigenvalue weighted by Gasteiger charge is -2.25. The largest absolute Gasteiger partial charge is 0.409 e. The zero-order valence-electron chi connectivity index (χ0n) is 10.8. The number of hydrogen-bond acceptors (Lipinski definition) is 3. The molecule has 0 bridgehead atoms. The second kappa shape index (κ2) is 6.51. The standard InChI is InChI=1S/C12H16F3N3OS/c13-12(14,15)10(18-4-2-16-9-18)8-11(19)17-3-1-6-20-7-5-17/h2,4,9-10H,1,3,5-8H2. The van der Waals surface area contributed by atoms with Crippen LogP contribution < -0.4 is 0 Å². The van der Waals surface area contributed by atoms with Crippen molar-refractivity contribution in [3.05, 3.63) is 18.7 Å². The van der Waals surface area contributed by atoms with Crippen molar-refractivity contribution < 1.29 is 18.0 Å². The van der Waals surface area contributed by atoms with Crippen molar-refractivity contribution in [1.82, 2.24) is 14.5 Å². The number of thioether (sulfide) groups is 1. The smallest absolute Gasteiger partial charge is 0.342 e. The van der Waals surface area contributed by atoms with Crippen molar-refractivity contribution in [2.75, 3.05) is 24.6 Å². The first-order valence-electron chi connectivity index (χ1n) is 6.38. The number of halogens is 3. The third kappa shape index (κ3) is 3.91. The lowest BCUT2D eigenvalue weighted by Crippen LogP contribution is -2.37. The first-order chi connectivity index (χ1) is 9.48. The van der Waals surface area contributed by atoms with Gasteiger partial charge >= 0.3 is 6.18 Å². The fourth-order valence-corrected chi connectivity index (χ4v) is 3.02. The van der Waals surface area contributed by atoms with Crippen LogP contribution in [0.5, 0.6) is 0 Å². The SMILES string of the molecule is O=C(CC(n1ccnc1)C(F)(F)F)N1CCCSCC1. The van der Waals surface area contributed by atoms with E-state index in [0.717, 1.165) is 28.8 Å². The summed E-state index contributed by atoms with van der Waals surface area (Å²) in [5, 5.41) is 0. The molecule has 0 radical (unpaired) electrons. The zero-order valence-corrected chi connectivity index (χ0v) is 11.7. The quantitative estimate of drug-likeness (QED) is 0.860. The van der Waals surface area contributed by atoms with Gasteiger partial charge in [-0.3, -0.25) is 4.79 Å². The molecule has 1 aromatic rings. The number of hydrogen-bond donors (Lipinski definition) is 0. The van der Waals surface area contributed by atoms with Gasteiger partial charge in [-0.15, -0.1) is 0 Å². The van der Waals surface area contributed by atoms with Crippen LogP contribution in [0.25, 0.3) is 0 Å². The van der Waals surface area contributed by atoms with Crippen LogP contribution in [0.1, 0.15) is 18.9 Å². The fraction of sp³-hybridized carbons (Fsp3) is 0.667. The summed E-state index contributed by atoms with van der Waals surface area (Å²) in [4.78, 5) is 17.2. The number of alkyl halides is 3. The molecule has 0 aromatic carbocycles. The molecule has 4 nitrogen and oxygen atoms in total. The van der Waals surface area contributed by atoms with Gasteiger partial charge in [0.2, 0.25) is 5.91 Å². The molecular weight excluding hydrogens is 291 g/mol. The van der Waals surface area contributed by atoms with Crippen LogP contribution in [0, 0.1) is 0 Å². The highest BCUT2D eigenvalue weighted by Gasteiger charge is 2.42. The van der Waals surface area contributed by atoms with Crippen LogP contribution >= 0.6 is 11.8 Å². The molecule has 2 heterocycles. The highest BCUT2D eigenvalue weighted by atomic mass is 32.2. The molecule has 1 amide bonds. The van der Waals surface area contributed by atoms with Gasteiger partial charge in [0.25, 0.3) is 0 Å². The van der Waals surface area contributed by atoms with Gasteiger partial charge < -0.3 is 9.47 Å². The maximum Gasteiger partial charge on any atom is 0.409 e. The van der Waals surface area contributed by atoms with Gasteiger partial charge in [-0.1, -0.05) is 0 Å². The Morgan fingerprint density at radius 1 is 1.35 bits per heavy atom. The molecule has 1 aromatic heterocycles. The van der Waals surface area contributed by atoms with E-state index in [9.17, 15) is 18.0 Å². The number of rotatable bonds is 3. The Balaban J connectivity index is 2.05. The van der Waals surface area contributed by atoms with Crippen LogP contribution in [0.15, 0.2) is 18.7 Å². The molecule has 1 unspecified atom stereocenters. The number of nitrogens with zero attached hydrogens (tertiary/aromatic N) is 3. The van der Waals surface area contributed by atoms with Crippen molar-refractivity contribution >= 4 is 17.7 Å². The van der Waals surface area contributed by atoms with Gasteiger partial charge in [0.1, 0.15) is 6.04 Å². The topological polar surface area (TPSA) is 38.1 Å². The molecule has 0 spiro atoms. The Kier molecular flexibility index (Phi) is 4.95. The Labute approximate surface area is 119 Å².